The lowest BCUT2D eigenvalue weighted by molar-refractivity contribution is 0.340. The average Bonchev–Trinajstić information content (AvgIpc) is 2.06. The van der Waals surface area contributed by atoms with Crippen LogP contribution in [0.3, 0.4) is 0 Å². The molecule has 0 fully saturated rings. The molecule has 0 N–H and O–H groups in total. The van der Waals surface area contributed by atoms with Crippen LogP contribution in [-0.4, -0.2) is 6.61 Å². The summed E-state index contributed by atoms with van der Waals surface area (Å²) in [5.41, 5.74) is 1.25. The molecule has 0 amide bonds. The Morgan fingerprint density at radius 1 is 1.50 bits per heavy atom. The zero-order valence-electron chi connectivity index (χ0n) is 7.42. The van der Waals surface area contributed by atoms with E-state index in [1.807, 2.05) is 31.2 Å². The van der Waals surface area contributed by atoms with Crippen molar-refractivity contribution in [3.8, 4) is 5.75 Å². The first-order valence-corrected chi connectivity index (χ1v) is 4.19. The summed E-state index contributed by atoms with van der Waals surface area (Å²) in [6.45, 7) is 6.40. The fourth-order valence-electron chi connectivity index (χ4n) is 1.10. The molecule has 0 unspecified atom stereocenters. The Morgan fingerprint density at radius 3 is 3.00 bits per heavy atom. The Balaban J connectivity index is 2.73. The molecule has 0 saturated carbocycles. The Hall–Kier alpha value is -1.24. The highest BCUT2D eigenvalue weighted by Gasteiger charge is 1.93. The molecule has 0 aliphatic rings. The Bertz CT molecular complexity index is 253. The first kappa shape index (κ1) is 8.85. The molecular weight excluding hydrogens is 148 g/mol. The third kappa shape index (κ3) is 2.42. The van der Waals surface area contributed by atoms with Gasteiger partial charge in [-0.3, -0.25) is 0 Å². The van der Waals surface area contributed by atoms with Crippen molar-refractivity contribution < 1.29 is 4.74 Å². The second kappa shape index (κ2) is 4.60. The fourth-order valence-corrected chi connectivity index (χ4v) is 1.10. The fraction of sp³-hybridized carbons (Fsp3) is 0.273. The van der Waals surface area contributed by atoms with Crippen molar-refractivity contribution >= 4 is 0 Å². The van der Waals surface area contributed by atoms with Crippen molar-refractivity contribution in [3.05, 3.63) is 42.5 Å². The summed E-state index contributed by atoms with van der Waals surface area (Å²) in [5.74, 6) is 0.942. The van der Waals surface area contributed by atoms with Crippen LogP contribution in [0.1, 0.15) is 12.5 Å². The van der Waals surface area contributed by atoms with Gasteiger partial charge >= 0.3 is 0 Å². The zero-order valence-corrected chi connectivity index (χ0v) is 7.42. The van der Waals surface area contributed by atoms with E-state index in [0.717, 1.165) is 18.8 Å². The van der Waals surface area contributed by atoms with Crippen LogP contribution in [0.5, 0.6) is 5.75 Å². The number of hydrogen-bond acceptors (Lipinski definition) is 1. The van der Waals surface area contributed by atoms with Crippen molar-refractivity contribution in [2.75, 3.05) is 6.61 Å². The smallest absolute Gasteiger partial charge is 0.119 e. The summed E-state index contributed by atoms with van der Waals surface area (Å²) in [6.07, 6.45) is 2.80. The lowest BCUT2D eigenvalue weighted by Crippen LogP contribution is -1.91. The minimum Gasteiger partial charge on any atom is -0.494 e. The van der Waals surface area contributed by atoms with E-state index >= 15 is 0 Å². The van der Waals surface area contributed by atoms with E-state index < -0.39 is 0 Å². The van der Waals surface area contributed by atoms with Crippen LogP contribution in [0.2, 0.25) is 0 Å². The molecule has 0 aliphatic heterocycles. The second-order valence-corrected chi connectivity index (χ2v) is 2.57. The Kier molecular flexibility index (Phi) is 3.39. The van der Waals surface area contributed by atoms with Gasteiger partial charge in [-0.1, -0.05) is 18.2 Å². The summed E-state index contributed by atoms with van der Waals surface area (Å²) >= 11 is 0. The van der Waals surface area contributed by atoms with Gasteiger partial charge < -0.3 is 4.74 Å². The third-order valence-electron chi connectivity index (χ3n) is 1.59. The van der Waals surface area contributed by atoms with Gasteiger partial charge in [0.1, 0.15) is 5.75 Å². The SMILES string of the molecule is C=CCc1cccc(OCC)c1. The predicted octanol–water partition coefficient (Wildman–Crippen LogP) is 2.81. The van der Waals surface area contributed by atoms with Crippen LogP contribution >= 0.6 is 0 Å². The number of hydrogen-bond donors (Lipinski definition) is 0. The minimum atomic E-state index is 0.720. The van der Waals surface area contributed by atoms with Crippen molar-refractivity contribution in [2.24, 2.45) is 0 Å². The maximum absolute atomic E-state index is 5.36. The van der Waals surface area contributed by atoms with Crippen molar-refractivity contribution in [1.82, 2.24) is 0 Å². The van der Waals surface area contributed by atoms with Crippen LogP contribution in [0, 0.1) is 0 Å². The van der Waals surface area contributed by atoms with E-state index in [4.69, 9.17) is 4.74 Å². The van der Waals surface area contributed by atoms with Crippen LogP contribution in [0.25, 0.3) is 0 Å². The van der Waals surface area contributed by atoms with Gasteiger partial charge in [-0.25, -0.2) is 0 Å². The van der Waals surface area contributed by atoms with Crippen molar-refractivity contribution in [2.45, 2.75) is 13.3 Å². The summed E-state index contributed by atoms with van der Waals surface area (Å²) in [4.78, 5) is 0. The molecule has 1 aromatic carbocycles. The molecular formula is C11H14O. The first-order chi connectivity index (χ1) is 5.86. The quantitative estimate of drug-likeness (QED) is 0.618. The van der Waals surface area contributed by atoms with Gasteiger partial charge in [0, 0.05) is 0 Å². The highest BCUT2D eigenvalue weighted by Crippen LogP contribution is 2.13. The second-order valence-electron chi connectivity index (χ2n) is 2.57. The Morgan fingerprint density at radius 2 is 2.33 bits per heavy atom. The van der Waals surface area contributed by atoms with Gasteiger partial charge in [0.2, 0.25) is 0 Å². The van der Waals surface area contributed by atoms with Gasteiger partial charge in [0.25, 0.3) is 0 Å². The van der Waals surface area contributed by atoms with Gasteiger partial charge in [-0.15, -0.1) is 6.58 Å². The van der Waals surface area contributed by atoms with Gasteiger partial charge in [0.05, 0.1) is 6.61 Å². The number of allylic oxidation sites excluding steroid dienone is 1. The van der Waals surface area contributed by atoms with Crippen LogP contribution in [0.15, 0.2) is 36.9 Å². The van der Waals surface area contributed by atoms with Gasteiger partial charge in [0.15, 0.2) is 0 Å². The molecule has 0 atom stereocenters. The normalized spacial score (nSPS) is 9.42. The third-order valence-corrected chi connectivity index (χ3v) is 1.59. The minimum absolute atomic E-state index is 0.720. The van der Waals surface area contributed by atoms with Crippen LogP contribution < -0.4 is 4.74 Å². The molecule has 0 aromatic heterocycles. The molecule has 0 radical (unpaired) electrons. The first-order valence-electron chi connectivity index (χ1n) is 4.19. The molecule has 1 rings (SSSR count). The predicted molar refractivity (Wildman–Crippen MR) is 51.5 cm³/mol. The molecule has 12 heavy (non-hydrogen) atoms. The summed E-state index contributed by atoms with van der Waals surface area (Å²) in [6, 6.07) is 8.09. The topological polar surface area (TPSA) is 9.23 Å². The lowest BCUT2D eigenvalue weighted by atomic mass is 10.1. The van der Waals surface area contributed by atoms with E-state index in [1.54, 1.807) is 0 Å². The molecule has 0 spiro atoms. The molecule has 0 aliphatic carbocycles. The molecule has 1 aromatic rings. The van der Waals surface area contributed by atoms with E-state index in [9.17, 15) is 0 Å². The average molecular weight is 162 g/mol. The van der Waals surface area contributed by atoms with Crippen molar-refractivity contribution in [1.29, 1.82) is 0 Å². The maximum atomic E-state index is 5.36. The lowest BCUT2D eigenvalue weighted by Gasteiger charge is -2.03. The molecule has 1 nitrogen and oxygen atoms in total. The molecule has 64 valence electrons. The van der Waals surface area contributed by atoms with E-state index in [1.165, 1.54) is 5.56 Å². The standard InChI is InChI=1S/C11H14O/c1-3-6-10-7-5-8-11(9-10)12-4-2/h3,5,7-9H,1,4,6H2,2H3. The van der Waals surface area contributed by atoms with E-state index in [2.05, 4.69) is 12.6 Å². The largest absolute Gasteiger partial charge is 0.494 e. The molecule has 0 saturated heterocycles. The monoisotopic (exact) mass is 162 g/mol. The molecule has 0 bridgehead atoms. The molecule has 0 heterocycles. The number of rotatable bonds is 4. The maximum Gasteiger partial charge on any atom is 0.119 e. The Labute approximate surface area is 73.7 Å². The summed E-state index contributed by atoms with van der Waals surface area (Å²) < 4.78 is 5.36. The summed E-state index contributed by atoms with van der Waals surface area (Å²) in [5, 5.41) is 0. The van der Waals surface area contributed by atoms with Gasteiger partial charge in [-0.2, -0.15) is 0 Å². The zero-order chi connectivity index (χ0) is 8.81. The van der Waals surface area contributed by atoms with Crippen molar-refractivity contribution in [3.63, 3.8) is 0 Å². The number of benzene rings is 1. The van der Waals surface area contributed by atoms with E-state index in [0.29, 0.717) is 0 Å². The van der Waals surface area contributed by atoms with Crippen LogP contribution in [0.4, 0.5) is 0 Å². The van der Waals surface area contributed by atoms with Gasteiger partial charge in [-0.05, 0) is 31.0 Å². The van der Waals surface area contributed by atoms with E-state index in [-0.39, 0.29) is 0 Å². The summed E-state index contributed by atoms with van der Waals surface area (Å²) in [7, 11) is 0. The van der Waals surface area contributed by atoms with Crippen LogP contribution in [-0.2, 0) is 6.42 Å². The highest BCUT2D eigenvalue weighted by molar-refractivity contribution is 5.29. The molecule has 1 heteroatoms. The highest BCUT2D eigenvalue weighted by atomic mass is 16.5. The number of ether oxygens (including phenoxy) is 1.